The topological polar surface area (TPSA) is 67.4 Å². The van der Waals surface area contributed by atoms with Crippen molar-refractivity contribution in [1.82, 2.24) is 5.32 Å². The maximum atomic E-state index is 11.6. The van der Waals surface area contributed by atoms with Crippen LogP contribution >= 0.6 is 11.8 Å². The van der Waals surface area contributed by atoms with Crippen LogP contribution in [0.3, 0.4) is 0 Å². The molecule has 1 rings (SSSR count). The first kappa shape index (κ1) is 15.4. The molecule has 0 saturated carbocycles. The van der Waals surface area contributed by atoms with Crippen molar-refractivity contribution >= 4 is 29.4 Å². The van der Waals surface area contributed by atoms with Gasteiger partial charge in [0, 0.05) is 11.4 Å². The molecule has 0 fully saturated rings. The Morgan fingerprint density at radius 3 is 2.74 bits per heavy atom. The minimum Gasteiger partial charge on any atom is -0.466 e. The number of rotatable bonds is 6. The summed E-state index contributed by atoms with van der Waals surface area (Å²) >= 11 is 1.56. The van der Waals surface area contributed by atoms with Crippen molar-refractivity contribution in [3.05, 3.63) is 24.3 Å². The standard InChI is InChI=1S/C13H18N2O3S/c1-3-18-12(16)8-9-14-13(17)15-10-6-4-5-7-11(10)19-2/h4-7H,3,8-9H2,1-2H3,(H2,14,15,17). The Morgan fingerprint density at radius 1 is 1.32 bits per heavy atom. The summed E-state index contributed by atoms with van der Waals surface area (Å²) in [5.74, 6) is -0.313. The summed E-state index contributed by atoms with van der Waals surface area (Å²) in [6.45, 7) is 2.36. The summed E-state index contributed by atoms with van der Waals surface area (Å²) in [6.07, 6.45) is 2.12. The van der Waals surface area contributed by atoms with Crippen LogP contribution in [0.1, 0.15) is 13.3 Å². The Morgan fingerprint density at radius 2 is 2.05 bits per heavy atom. The predicted molar refractivity (Wildman–Crippen MR) is 76.5 cm³/mol. The van der Waals surface area contributed by atoms with Gasteiger partial charge in [0.25, 0.3) is 0 Å². The summed E-state index contributed by atoms with van der Waals surface area (Å²) in [5, 5.41) is 5.36. The quantitative estimate of drug-likeness (QED) is 0.621. The Bertz CT molecular complexity index is 438. The maximum absolute atomic E-state index is 11.6. The van der Waals surface area contributed by atoms with Gasteiger partial charge in [-0.05, 0) is 25.3 Å². The van der Waals surface area contributed by atoms with Crippen molar-refractivity contribution < 1.29 is 14.3 Å². The predicted octanol–water partition coefficient (Wildman–Crippen LogP) is 2.48. The second-order valence-corrected chi connectivity index (χ2v) is 4.48. The van der Waals surface area contributed by atoms with Crippen LogP contribution in [0.2, 0.25) is 0 Å². The van der Waals surface area contributed by atoms with Crippen molar-refractivity contribution in [1.29, 1.82) is 0 Å². The largest absolute Gasteiger partial charge is 0.466 e. The van der Waals surface area contributed by atoms with E-state index in [0.717, 1.165) is 10.6 Å². The molecule has 5 nitrogen and oxygen atoms in total. The summed E-state index contributed by atoms with van der Waals surface area (Å²) in [7, 11) is 0. The van der Waals surface area contributed by atoms with E-state index in [4.69, 9.17) is 4.74 Å². The molecule has 104 valence electrons. The number of para-hydroxylation sites is 1. The van der Waals surface area contributed by atoms with Crippen molar-refractivity contribution in [2.75, 3.05) is 24.7 Å². The summed E-state index contributed by atoms with van der Waals surface area (Å²) < 4.78 is 4.76. The molecule has 0 unspecified atom stereocenters. The molecule has 2 N–H and O–H groups in total. The number of urea groups is 1. The van der Waals surface area contributed by atoms with Crippen LogP contribution in [0.15, 0.2) is 29.2 Å². The van der Waals surface area contributed by atoms with Gasteiger partial charge in [0.05, 0.1) is 18.7 Å². The first-order chi connectivity index (χ1) is 9.17. The lowest BCUT2D eigenvalue weighted by Gasteiger charge is -2.10. The van der Waals surface area contributed by atoms with Gasteiger partial charge in [0.1, 0.15) is 0 Å². The Labute approximate surface area is 117 Å². The zero-order valence-electron chi connectivity index (χ0n) is 11.1. The monoisotopic (exact) mass is 282 g/mol. The van der Waals surface area contributed by atoms with Gasteiger partial charge < -0.3 is 15.4 Å². The Hall–Kier alpha value is -1.69. The summed E-state index contributed by atoms with van der Waals surface area (Å²) in [5.41, 5.74) is 0.753. The molecular weight excluding hydrogens is 264 g/mol. The van der Waals surface area contributed by atoms with Crippen molar-refractivity contribution in [2.24, 2.45) is 0 Å². The van der Waals surface area contributed by atoms with E-state index in [1.165, 1.54) is 0 Å². The number of ether oxygens (including phenoxy) is 1. The van der Waals surface area contributed by atoms with E-state index in [2.05, 4.69) is 10.6 Å². The van der Waals surface area contributed by atoms with Crippen LogP contribution < -0.4 is 10.6 Å². The fraction of sp³-hybridized carbons (Fsp3) is 0.385. The molecule has 2 amide bonds. The smallest absolute Gasteiger partial charge is 0.319 e. The van der Waals surface area contributed by atoms with Gasteiger partial charge in [-0.1, -0.05) is 12.1 Å². The molecule has 1 aromatic rings. The van der Waals surface area contributed by atoms with Gasteiger partial charge in [-0.3, -0.25) is 4.79 Å². The highest BCUT2D eigenvalue weighted by Gasteiger charge is 2.06. The normalized spacial score (nSPS) is 9.79. The zero-order chi connectivity index (χ0) is 14.1. The number of amides is 2. The van der Waals surface area contributed by atoms with E-state index < -0.39 is 0 Å². The number of hydrogen-bond donors (Lipinski definition) is 2. The Balaban J connectivity index is 2.37. The molecular formula is C13H18N2O3S. The van der Waals surface area contributed by atoms with Crippen LogP contribution in [0.5, 0.6) is 0 Å². The molecule has 19 heavy (non-hydrogen) atoms. The van der Waals surface area contributed by atoms with Crippen LogP contribution in [-0.2, 0) is 9.53 Å². The molecule has 0 aromatic heterocycles. The highest BCUT2D eigenvalue weighted by molar-refractivity contribution is 7.98. The highest BCUT2D eigenvalue weighted by Crippen LogP contribution is 2.24. The van der Waals surface area contributed by atoms with Crippen LogP contribution in [0, 0.1) is 0 Å². The van der Waals surface area contributed by atoms with Crippen LogP contribution in [-0.4, -0.2) is 31.4 Å². The number of benzene rings is 1. The molecule has 0 heterocycles. The third kappa shape index (κ3) is 5.65. The van der Waals surface area contributed by atoms with Gasteiger partial charge in [-0.2, -0.15) is 0 Å². The van der Waals surface area contributed by atoms with E-state index in [9.17, 15) is 9.59 Å². The maximum Gasteiger partial charge on any atom is 0.319 e. The molecule has 0 radical (unpaired) electrons. The summed E-state index contributed by atoms with van der Waals surface area (Å²) in [6, 6.07) is 7.20. The molecule has 0 aliphatic heterocycles. The number of hydrogen-bond acceptors (Lipinski definition) is 4. The zero-order valence-corrected chi connectivity index (χ0v) is 11.9. The number of anilines is 1. The van der Waals surface area contributed by atoms with Gasteiger partial charge in [-0.25, -0.2) is 4.79 Å². The number of thioether (sulfide) groups is 1. The van der Waals surface area contributed by atoms with E-state index >= 15 is 0 Å². The van der Waals surface area contributed by atoms with E-state index in [-0.39, 0.29) is 25.0 Å². The number of esters is 1. The second-order valence-electron chi connectivity index (χ2n) is 3.64. The Kier molecular flexibility index (Phi) is 6.81. The summed E-state index contributed by atoms with van der Waals surface area (Å²) in [4.78, 5) is 23.7. The fourth-order valence-corrected chi connectivity index (χ4v) is 1.98. The van der Waals surface area contributed by atoms with E-state index in [1.807, 2.05) is 30.5 Å². The lowest BCUT2D eigenvalue weighted by atomic mass is 10.3. The molecule has 1 aromatic carbocycles. The minimum absolute atomic E-state index is 0.172. The number of carbonyl (C=O) groups excluding carboxylic acids is 2. The molecule has 6 heteroatoms. The molecule has 0 aliphatic rings. The van der Waals surface area contributed by atoms with E-state index in [1.54, 1.807) is 18.7 Å². The average molecular weight is 282 g/mol. The molecule has 0 aliphatic carbocycles. The van der Waals surface area contributed by atoms with Gasteiger partial charge in [0.15, 0.2) is 0 Å². The highest BCUT2D eigenvalue weighted by atomic mass is 32.2. The second kappa shape index (κ2) is 8.42. The first-order valence-corrected chi connectivity index (χ1v) is 7.23. The minimum atomic E-state index is -0.328. The molecule has 0 saturated heterocycles. The average Bonchev–Trinajstić information content (AvgIpc) is 2.39. The van der Waals surface area contributed by atoms with Gasteiger partial charge in [-0.15, -0.1) is 11.8 Å². The lowest BCUT2D eigenvalue weighted by Crippen LogP contribution is -2.31. The number of nitrogens with one attached hydrogen (secondary N) is 2. The molecule has 0 atom stereocenters. The van der Waals surface area contributed by atoms with Crippen molar-refractivity contribution in [3.63, 3.8) is 0 Å². The number of carbonyl (C=O) groups is 2. The van der Waals surface area contributed by atoms with Crippen LogP contribution in [0.25, 0.3) is 0 Å². The molecule has 0 bridgehead atoms. The lowest BCUT2D eigenvalue weighted by molar-refractivity contribution is -0.142. The molecule has 0 spiro atoms. The van der Waals surface area contributed by atoms with Gasteiger partial charge in [0.2, 0.25) is 0 Å². The third-order valence-electron chi connectivity index (χ3n) is 2.28. The SMILES string of the molecule is CCOC(=O)CCNC(=O)Nc1ccccc1SC. The van der Waals surface area contributed by atoms with E-state index in [0.29, 0.717) is 6.61 Å². The van der Waals surface area contributed by atoms with Crippen molar-refractivity contribution in [2.45, 2.75) is 18.2 Å². The third-order valence-corrected chi connectivity index (χ3v) is 3.07. The van der Waals surface area contributed by atoms with Crippen LogP contribution in [0.4, 0.5) is 10.5 Å². The van der Waals surface area contributed by atoms with Gasteiger partial charge >= 0.3 is 12.0 Å². The fourth-order valence-electron chi connectivity index (χ4n) is 1.43. The first-order valence-electron chi connectivity index (χ1n) is 6.00. The van der Waals surface area contributed by atoms with Crippen molar-refractivity contribution in [3.8, 4) is 0 Å².